The summed E-state index contributed by atoms with van der Waals surface area (Å²) < 4.78 is 37.5. The van der Waals surface area contributed by atoms with E-state index in [1.54, 1.807) is 24.1 Å². The number of likely N-dealkylation sites (N-methyl/N-ethyl adjacent to an activating group) is 1. The van der Waals surface area contributed by atoms with Gasteiger partial charge in [-0.25, -0.2) is 8.42 Å². The summed E-state index contributed by atoms with van der Waals surface area (Å²) in [5.74, 6) is 0.563. The number of morpholine rings is 1. The van der Waals surface area contributed by atoms with Gasteiger partial charge in [-0.2, -0.15) is 4.31 Å². The number of para-hydroxylation sites is 1. The third kappa shape index (κ3) is 4.89. The minimum Gasteiger partial charge on any atom is -0.492 e. The van der Waals surface area contributed by atoms with Crippen LogP contribution in [-0.4, -0.2) is 70.0 Å². The van der Waals surface area contributed by atoms with Crippen LogP contribution in [0.25, 0.3) is 0 Å². The van der Waals surface area contributed by atoms with Gasteiger partial charge in [0.05, 0.1) is 24.7 Å². The SMILES string of the molecule is CN(CCOc1ccccc1)C(=O)c1ccc(S(=O)(=O)N2CCOCC2)cc1. The van der Waals surface area contributed by atoms with Crippen molar-refractivity contribution in [2.45, 2.75) is 4.90 Å². The van der Waals surface area contributed by atoms with Gasteiger partial charge in [-0.05, 0) is 36.4 Å². The highest BCUT2D eigenvalue weighted by Gasteiger charge is 2.26. The van der Waals surface area contributed by atoms with Crippen molar-refractivity contribution in [3.8, 4) is 5.75 Å². The summed E-state index contributed by atoms with van der Waals surface area (Å²) in [5, 5.41) is 0. The highest BCUT2D eigenvalue weighted by Crippen LogP contribution is 2.18. The maximum atomic E-state index is 12.6. The second kappa shape index (κ2) is 9.18. The van der Waals surface area contributed by atoms with Crippen molar-refractivity contribution < 1.29 is 22.7 Å². The van der Waals surface area contributed by atoms with Gasteiger partial charge in [0.15, 0.2) is 0 Å². The Labute approximate surface area is 165 Å². The minimum atomic E-state index is -3.56. The largest absolute Gasteiger partial charge is 0.492 e. The van der Waals surface area contributed by atoms with Crippen molar-refractivity contribution in [2.75, 3.05) is 46.5 Å². The summed E-state index contributed by atoms with van der Waals surface area (Å²) in [6.45, 7) is 2.26. The van der Waals surface area contributed by atoms with Crippen molar-refractivity contribution in [3.05, 3.63) is 60.2 Å². The Hall–Kier alpha value is -2.42. The van der Waals surface area contributed by atoms with E-state index in [2.05, 4.69) is 0 Å². The van der Waals surface area contributed by atoms with Crippen molar-refractivity contribution in [1.82, 2.24) is 9.21 Å². The molecule has 0 saturated carbocycles. The second-order valence-electron chi connectivity index (χ2n) is 6.43. The Morgan fingerprint density at radius 3 is 2.36 bits per heavy atom. The van der Waals surface area contributed by atoms with Gasteiger partial charge in [0.1, 0.15) is 12.4 Å². The molecule has 1 amide bonds. The molecular weight excluding hydrogens is 380 g/mol. The first-order valence-corrected chi connectivity index (χ1v) is 10.5. The number of ether oxygens (including phenoxy) is 2. The first-order valence-electron chi connectivity index (χ1n) is 9.10. The maximum absolute atomic E-state index is 12.6. The molecule has 1 heterocycles. The number of sulfonamides is 1. The van der Waals surface area contributed by atoms with Crippen LogP contribution in [0.15, 0.2) is 59.5 Å². The highest BCUT2D eigenvalue weighted by molar-refractivity contribution is 7.89. The zero-order valence-corrected chi connectivity index (χ0v) is 16.6. The molecule has 28 heavy (non-hydrogen) atoms. The van der Waals surface area contributed by atoms with Crippen LogP contribution in [0.1, 0.15) is 10.4 Å². The van der Waals surface area contributed by atoms with E-state index in [1.807, 2.05) is 30.3 Å². The van der Waals surface area contributed by atoms with Gasteiger partial charge in [-0.15, -0.1) is 0 Å². The van der Waals surface area contributed by atoms with E-state index in [1.165, 1.54) is 16.4 Å². The summed E-state index contributed by atoms with van der Waals surface area (Å²) >= 11 is 0. The fourth-order valence-electron chi connectivity index (χ4n) is 2.84. The van der Waals surface area contributed by atoms with Gasteiger partial charge in [0.2, 0.25) is 10.0 Å². The van der Waals surface area contributed by atoms with Crippen LogP contribution < -0.4 is 4.74 Å². The molecule has 2 aromatic rings. The lowest BCUT2D eigenvalue weighted by molar-refractivity contribution is 0.0730. The smallest absolute Gasteiger partial charge is 0.253 e. The number of nitrogens with zero attached hydrogens (tertiary/aromatic N) is 2. The fraction of sp³-hybridized carbons (Fsp3) is 0.350. The van der Waals surface area contributed by atoms with Gasteiger partial charge in [0.25, 0.3) is 5.91 Å². The van der Waals surface area contributed by atoms with Crippen LogP contribution in [0.3, 0.4) is 0 Å². The quantitative estimate of drug-likeness (QED) is 0.704. The molecule has 0 spiro atoms. The average molecular weight is 404 g/mol. The number of amides is 1. The molecule has 0 atom stereocenters. The monoisotopic (exact) mass is 404 g/mol. The molecule has 150 valence electrons. The Balaban J connectivity index is 1.58. The van der Waals surface area contributed by atoms with E-state index >= 15 is 0 Å². The normalized spacial score (nSPS) is 15.2. The molecule has 7 nitrogen and oxygen atoms in total. The lowest BCUT2D eigenvalue weighted by Crippen LogP contribution is -2.40. The van der Waals surface area contributed by atoms with E-state index in [4.69, 9.17) is 9.47 Å². The Morgan fingerprint density at radius 1 is 1.07 bits per heavy atom. The Bertz CT molecular complexity index is 879. The summed E-state index contributed by atoms with van der Waals surface area (Å²) in [6, 6.07) is 15.4. The number of rotatable bonds is 7. The van der Waals surface area contributed by atoms with Crippen LogP contribution in [0.2, 0.25) is 0 Å². The van der Waals surface area contributed by atoms with Crippen molar-refractivity contribution in [3.63, 3.8) is 0 Å². The molecule has 0 unspecified atom stereocenters. The van der Waals surface area contributed by atoms with E-state index in [0.29, 0.717) is 45.0 Å². The minimum absolute atomic E-state index is 0.181. The van der Waals surface area contributed by atoms with E-state index in [0.717, 1.165) is 5.75 Å². The molecule has 8 heteroatoms. The molecule has 0 radical (unpaired) electrons. The van der Waals surface area contributed by atoms with Crippen LogP contribution in [-0.2, 0) is 14.8 Å². The van der Waals surface area contributed by atoms with Gasteiger partial charge in [-0.1, -0.05) is 18.2 Å². The fourth-order valence-corrected chi connectivity index (χ4v) is 4.25. The second-order valence-corrected chi connectivity index (χ2v) is 8.37. The predicted octanol–water partition coefficient (Wildman–Crippen LogP) is 1.86. The summed E-state index contributed by atoms with van der Waals surface area (Å²) in [5.41, 5.74) is 0.433. The first kappa shape index (κ1) is 20.3. The lowest BCUT2D eigenvalue weighted by atomic mass is 10.2. The number of hydrogen-bond acceptors (Lipinski definition) is 5. The first-order chi connectivity index (χ1) is 13.5. The van der Waals surface area contributed by atoms with Crippen molar-refractivity contribution >= 4 is 15.9 Å². The van der Waals surface area contributed by atoms with Crippen LogP contribution in [0, 0.1) is 0 Å². The molecule has 1 aliphatic rings. The summed E-state index contributed by atoms with van der Waals surface area (Å²) in [4.78, 5) is 14.3. The van der Waals surface area contributed by atoms with E-state index in [-0.39, 0.29) is 10.8 Å². The average Bonchev–Trinajstić information content (AvgIpc) is 2.74. The van der Waals surface area contributed by atoms with Crippen LogP contribution >= 0.6 is 0 Å². The highest BCUT2D eigenvalue weighted by atomic mass is 32.2. The molecule has 0 N–H and O–H groups in total. The summed E-state index contributed by atoms with van der Waals surface area (Å²) in [6.07, 6.45) is 0. The predicted molar refractivity (Wildman–Crippen MR) is 105 cm³/mol. The molecule has 0 aliphatic carbocycles. The number of benzene rings is 2. The van der Waals surface area contributed by atoms with Gasteiger partial charge in [0, 0.05) is 25.7 Å². The molecule has 1 aliphatic heterocycles. The zero-order valence-electron chi connectivity index (χ0n) is 15.8. The third-order valence-corrected chi connectivity index (χ3v) is 6.41. The maximum Gasteiger partial charge on any atom is 0.253 e. The number of carbonyl (C=O) groups excluding carboxylic acids is 1. The molecule has 0 aromatic heterocycles. The summed E-state index contributed by atoms with van der Waals surface area (Å²) in [7, 11) is -1.87. The standard InChI is InChI=1S/C20H24N2O5S/c1-21(11-16-27-18-5-3-2-4-6-18)20(23)17-7-9-19(10-8-17)28(24,25)22-12-14-26-15-13-22/h2-10H,11-16H2,1H3. The molecule has 1 fully saturated rings. The molecular formula is C20H24N2O5S. The van der Waals surface area contributed by atoms with Gasteiger partial charge < -0.3 is 14.4 Å². The molecule has 2 aromatic carbocycles. The number of hydrogen-bond donors (Lipinski definition) is 0. The lowest BCUT2D eigenvalue weighted by Gasteiger charge is -2.26. The number of carbonyl (C=O) groups is 1. The van der Waals surface area contributed by atoms with Crippen LogP contribution in [0.5, 0.6) is 5.75 Å². The Kier molecular flexibility index (Phi) is 6.66. The van der Waals surface area contributed by atoms with Crippen molar-refractivity contribution in [1.29, 1.82) is 0 Å². The molecule has 3 rings (SSSR count). The van der Waals surface area contributed by atoms with E-state index < -0.39 is 10.0 Å². The molecule has 0 bridgehead atoms. The van der Waals surface area contributed by atoms with E-state index in [9.17, 15) is 13.2 Å². The zero-order chi connectivity index (χ0) is 20.0. The van der Waals surface area contributed by atoms with Crippen molar-refractivity contribution in [2.24, 2.45) is 0 Å². The molecule has 1 saturated heterocycles. The Morgan fingerprint density at radius 2 is 1.71 bits per heavy atom. The van der Waals surface area contributed by atoms with Gasteiger partial charge in [-0.3, -0.25) is 4.79 Å². The third-order valence-electron chi connectivity index (χ3n) is 4.49. The topological polar surface area (TPSA) is 76.2 Å². The van der Waals surface area contributed by atoms with Crippen LogP contribution in [0.4, 0.5) is 0 Å². The van der Waals surface area contributed by atoms with Gasteiger partial charge >= 0.3 is 0 Å².